The van der Waals surface area contributed by atoms with E-state index in [1.54, 1.807) is 0 Å². The number of ether oxygens (including phenoxy) is 1. The smallest absolute Gasteiger partial charge is 0.418 e. The Kier molecular flexibility index (Phi) is 7.16. The number of halogens is 5. The second-order valence-electron chi connectivity index (χ2n) is 5.56. The Balaban J connectivity index is 1.86. The zero-order valence-corrected chi connectivity index (χ0v) is 15.2. The summed E-state index contributed by atoms with van der Waals surface area (Å²) < 4.78 is 56.9. The third-order valence-electron chi connectivity index (χ3n) is 3.44. The second-order valence-corrected chi connectivity index (χ2v) is 6.00. The molecular weight excluding hydrogens is 420 g/mol. The van der Waals surface area contributed by atoms with Crippen LogP contribution in [0.5, 0.6) is 0 Å². The summed E-state index contributed by atoms with van der Waals surface area (Å²) in [6, 6.07) is 7.81. The summed E-state index contributed by atoms with van der Waals surface area (Å²) in [7, 11) is 0. The molecule has 0 bridgehead atoms. The minimum atomic E-state index is -4.76. The topological polar surface area (TPSA) is 84.5 Å². The van der Waals surface area contributed by atoms with Gasteiger partial charge in [-0.1, -0.05) is 23.7 Å². The van der Waals surface area contributed by atoms with Gasteiger partial charge >= 0.3 is 12.1 Å². The Bertz CT molecular complexity index is 934. The predicted molar refractivity (Wildman–Crippen MR) is 94.8 cm³/mol. The van der Waals surface area contributed by atoms with E-state index in [0.29, 0.717) is 6.07 Å². The summed E-state index contributed by atoms with van der Waals surface area (Å²) >= 11 is 5.54. The van der Waals surface area contributed by atoms with Gasteiger partial charge in [-0.3, -0.25) is 14.4 Å². The van der Waals surface area contributed by atoms with Crippen LogP contribution >= 0.6 is 11.6 Å². The van der Waals surface area contributed by atoms with Gasteiger partial charge in [-0.05, 0) is 30.3 Å². The van der Waals surface area contributed by atoms with Gasteiger partial charge in [-0.2, -0.15) is 13.2 Å². The van der Waals surface area contributed by atoms with Crippen LogP contribution < -0.4 is 10.6 Å². The van der Waals surface area contributed by atoms with Crippen LogP contribution in [0.1, 0.15) is 15.9 Å². The van der Waals surface area contributed by atoms with Gasteiger partial charge in [0, 0.05) is 5.02 Å². The van der Waals surface area contributed by atoms with E-state index in [4.69, 9.17) is 11.6 Å². The SMILES string of the molecule is O=C(COC(=O)CNC(=O)c1ccccc1F)Nc1ccc(Cl)cc1C(F)(F)F. The Morgan fingerprint density at radius 2 is 1.76 bits per heavy atom. The number of nitrogens with one attached hydrogen (secondary N) is 2. The van der Waals surface area contributed by atoms with E-state index in [-0.39, 0.29) is 10.6 Å². The van der Waals surface area contributed by atoms with E-state index >= 15 is 0 Å². The minimum absolute atomic E-state index is 0.174. The first-order valence-corrected chi connectivity index (χ1v) is 8.30. The van der Waals surface area contributed by atoms with E-state index in [0.717, 1.165) is 18.2 Å². The summed E-state index contributed by atoms with van der Waals surface area (Å²) in [6.45, 7) is -1.57. The fourth-order valence-corrected chi connectivity index (χ4v) is 2.31. The molecule has 0 saturated heterocycles. The van der Waals surface area contributed by atoms with Crippen molar-refractivity contribution in [2.45, 2.75) is 6.18 Å². The third kappa shape index (κ3) is 6.46. The molecule has 0 atom stereocenters. The minimum Gasteiger partial charge on any atom is -0.454 e. The van der Waals surface area contributed by atoms with Crippen molar-refractivity contribution in [2.24, 2.45) is 0 Å². The molecule has 0 aromatic heterocycles. The van der Waals surface area contributed by atoms with Crippen LogP contribution in [0.2, 0.25) is 5.02 Å². The summed E-state index contributed by atoms with van der Waals surface area (Å²) in [5.41, 5.74) is -2.02. The lowest BCUT2D eigenvalue weighted by atomic mass is 10.1. The van der Waals surface area contributed by atoms with Crippen LogP contribution in [-0.2, 0) is 20.5 Å². The summed E-state index contributed by atoms with van der Waals surface area (Å²) in [5, 5.41) is 3.89. The highest BCUT2D eigenvalue weighted by atomic mass is 35.5. The molecule has 0 spiro atoms. The molecule has 2 N–H and O–H groups in total. The van der Waals surface area contributed by atoms with Gasteiger partial charge in [0.2, 0.25) is 0 Å². The number of esters is 1. The molecule has 0 heterocycles. The van der Waals surface area contributed by atoms with E-state index in [1.165, 1.54) is 18.2 Å². The van der Waals surface area contributed by atoms with E-state index in [1.807, 2.05) is 5.32 Å². The highest BCUT2D eigenvalue weighted by Gasteiger charge is 2.34. The molecule has 0 saturated carbocycles. The number of carbonyl (C=O) groups is 3. The summed E-state index contributed by atoms with van der Waals surface area (Å²) in [5.74, 6) is -3.75. The highest BCUT2D eigenvalue weighted by Crippen LogP contribution is 2.36. The van der Waals surface area contributed by atoms with E-state index < -0.39 is 54.2 Å². The fraction of sp³-hybridized carbons (Fsp3) is 0.167. The number of benzene rings is 2. The lowest BCUT2D eigenvalue weighted by Crippen LogP contribution is -2.32. The molecule has 0 unspecified atom stereocenters. The van der Waals surface area contributed by atoms with Crippen LogP contribution in [0.3, 0.4) is 0 Å². The van der Waals surface area contributed by atoms with Crippen LogP contribution in [0.15, 0.2) is 42.5 Å². The van der Waals surface area contributed by atoms with Crippen molar-refractivity contribution in [3.63, 3.8) is 0 Å². The van der Waals surface area contributed by atoms with E-state index in [9.17, 15) is 31.9 Å². The zero-order chi connectivity index (χ0) is 21.6. The molecule has 0 aliphatic rings. The zero-order valence-electron chi connectivity index (χ0n) is 14.5. The van der Waals surface area contributed by atoms with Crippen molar-refractivity contribution in [1.82, 2.24) is 5.32 Å². The molecule has 0 radical (unpaired) electrons. The molecule has 2 amide bonds. The van der Waals surface area contributed by atoms with Crippen molar-refractivity contribution >= 4 is 35.1 Å². The maximum absolute atomic E-state index is 13.4. The standard InChI is InChI=1S/C18H13ClF4N2O4/c19-10-5-6-14(12(7-10)18(21,22)23)25-15(26)9-29-16(27)8-24-17(28)11-3-1-2-4-13(11)20/h1-7H,8-9H2,(H,24,28)(H,25,26). The van der Waals surface area contributed by atoms with Gasteiger partial charge in [0.1, 0.15) is 12.4 Å². The molecule has 0 aliphatic carbocycles. The molecule has 154 valence electrons. The molecule has 2 rings (SSSR count). The van der Waals surface area contributed by atoms with Crippen molar-refractivity contribution in [2.75, 3.05) is 18.5 Å². The van der Waals surface area contributed by atoms with Gasteiger partial charge < -0.3 is 15.4 Å². The maximum Gasteiger partial charge on any atom is 0.418 e. The normalized spacial score (nSPS) is 10.9. The first-order chi connectivity index (χ1) is 13.6. The average Bonchev–Trinajstić information content (AvgIpc) is 2.65. The van der Waals surface area contributed by atoms with Gasteiger partial charge in [0.05, 0.1) is 16.8 Å². The molecule has 29 heavy (non-hydrogen) atoms. The Labute approximate surface area is 166 Å². The van der Waals surface area contributed by atoms with Crippen LogP contribution in [0.4, 0.5) is 23.2 Å². The highest BCUT2D eigenvalue weighted by molar-refractivity contribution is 6.30. The number of rotatable bonds is 6. The van der Waals surface area contributed by atoms with Gasteiger partial charge in [-0.25, -0.2) is 4.39 Å². The quantitative estimate of drug-likeness (QED) is 0.541. The van der Waals surface area contributed by atoms with Crippen molar-refractivity contribution in [1.29, 1.82) is 0 Å². The monoisotopic (exact) mass is 432 g/mol. The number of hydrogen-bond donors (Lipinski definition) is 2. The largest absolute Gasteiger partial charge is 0.454 e. The molecule has 11 heteroatoms. The van der Waals surface area contributed by atoms with Gasteiger partial charge in [0.25, 0.3) is 11.8 Å². The molecule has 0 fully saturated rings. The number of hydrogen-bond acceptors (Lipinski definition) is 4. The van der Waals surface area contributed by atoms with Crippen LogP contribution in [-0.4, -0.2) is 30.9 Å². The number of alkyl halides is 3. The van der Waals surface area contributed by atoms with Crippen LogP contribution in [0.25, 0.3) is 0 Å². The Hall–Kier alpha value is -3.14. The van der Waals surface area contributed by atoms with Crippen LogP contribution in [0, 0.1) is 5.82 Å². The third-order valence-corrected chi connectivity index (χ3v) is 3.67. The predicted octanol–water partition coefficient (Wildman–Crippen LogP) is 3.41. The molecule has 2 aromatic carbocycles. The van der Waals surface area contributed by atoms with Gasteiger partial charge in [0.15, 0.2) is 6.61 Å². The van der Waals surface area contributed by atoms with E-state index in [2.05, 4.69) is 10.1 Å². The maximum atomic E-state index is 13.4. The first-order valence-electron chi connectivity index (χ1n) is 7.93. The molecule has 0 aliphatic heterocycles. The Morgan fingerprint density at radius 3 is 2.41 bits per heavy atom. The average molecular weight is 433 g/mol. The summed E-state index contributed by atoms with van der Waals surface area (Å²) in [6.07, 6.45) is -4.76. The molecule has 6 nitrogen and oxygen atoms in total. The second kappa shape index (κ2) is 9.37. The summed E-state index contributed by atoms with van der Waals surface area (Å²) in [4.78, 5) is 35.1. The fourth-order valence-electron chi connectivity index (χ4n) is 2.14. The number of anilines is 1. The van der Waals surface area contributed by atoms with Gasteiger partial charge in [-0.15, -0.1) is 0 Å². The molecular formula is C18H13ClF4N2O4. The number of amides is 2. The Morgan fingerprint density at radius 1 is 1.07 bits per heavy atom. The van der Waals surface area contributed by atoms with Crippen molar-refractivity contribution in [3.8, 4) is 0 Å². The van der Waals surface area contributed by atoms with Crippen molar-refractivity contribution in [3.05, 3.63) is 64.4 Å². The van der Waals surface area contributed by atoms with Crippen molar-refractivity contribution < 1.29 is 36.7 Å². The first kappa shape index (κ1) is 22.2. The lowest BCUT2D eigenvalue weighted by molar-refractivity contribution is -0.146. The lowest BCUT2D eigenvalue weighted by Gasteiger charge is -2.14. The number of carbonyl (C=O) groups excluding carboxylic acids is 3. The molecule has 2 aromatic rings.